The van der Waals surface area contributed by atoms with Crippen LogP contribution in [0, 0.1) is 11.6 Å². The highest BCUT2D eigenvalue weighted by Gasteiger charge is 2.15. The second-order valence-electron chi connectivity index (χ2n) is 4.04. The van der Waals surface area contributed by atoms with Crippen molar-refractivity contribution < 1.29 is 18.4 Å². The Bertz CT molecular complexity index is 464. The number of hydrogen-bond donors (Lipinski definition) is 2. The molecule has 0 aromatic heterocycles. The molecule has 0 aliphatic heterocycles. The average molecular weight is 270 g/mol. The van der Waals surface area contributed by atoms with Gasteiger partial charge in [-0.15, -0.1) is 0 Å². The minimum Gasteiger partial charge on any atom is -0.348 e. The van der Waals surface area contributed by atoms with Gasteiger partial charge in [-0.2, -0.15) is 0 Å². The molecule has 4 nitrogen and oxygen atoms in total. The maximum absolute atomic E-state index is 13.2. The van der Waals surface area contributed by atoms with E-state index in [1.165, 1.54) is 0 Å². The maximum atomic E-state index is 13.2. The van der Waals surface area contributed by atoms with Gasteiger partial charge in [0.1, 0.15) is 11.6 Å². The van der Waals surface area contributed by atoms with E-state index in [4.69, 9.17) is 0 Å². The van der Waals surface area contributed by atoms with Crippen LogP contribution >= 0.6 is 0 Å². The Morgan fingerprint density at radius 2 is 1.89 bits per heavy atom. The van der Waals surface area contributed by atoms with Gasteiger partial charge in [-0.05, 0) is 18.6 Å². The molecule has 2 amide bonds. The van der Waals surface area contributed by atoms with E-state index in [0.717, 1.165) is 37.5 Å². The van der Waals surface area contributed by atoms with Crippen LogP contribution in [0.15, 0.2) is 18.2 Å². The van der Waals surface area contributed by atoms with Crippen LogP contribution in [0.5, 0.6) is 0 Å². The number of hydrogen-bond acceptors (Lipinski definition) is 2. The minimum absolute atomic E-state index is 0.353. The number of carbonyl (C=O) groups is 2. The third-order valence-electron chi connectivity index (χ3n) is 2.45. The second kappa shape index (κ2) is 7.45. The SMILES string of the molecule is CCCCCNC(=O)C(=O)Nc1cc(F)ccc1F. The van der Waals surface area contributed by atoms with Crippen LogP contribution in [0.3, 0.4) is 0 Å². The first-order chi connectivity index (χ1) is 9.04. The van der Waals surface area contributed by atoms with Crippen molar-refractivity contribution in [3.63, 3.8) is 0 Å². The van der Waals surface area contributed by atoms with Crippen LogP contribution in [0.2, 0.25) is 0 Å². The second-order valence-corrected chi connectivity index (χ2v) is 4.04. The summed E-state index contributed by atoms with van der Waals surface area (Å²) in [6, 6.07) is 2.62. The lowest BCUT2D eigenvalue weighted by Crippen LogP contribution is -2.36. The fourth-order valence-electron chi connectivity index (χ4n) is 1.43. The van der Waals surface area contributed by atoms with E-state index >= 15 is 0 Å². The predicted molar refractivity (Wildman–Crippen MR) is 67.5 cm³/mol. The van der Waals surface area contributed by atoms with Crippen molar-refractivity contribution in [2.75, 3.05) is 11.9 Å². The molecule has 2 N–H and O–H groups in total. The van der Waals surface area contributed by atoms with Gasteiger partial charge in [-0.1, -0.05) is 19.8 Å². The summed E-state index contributed by atoms with van der Waals surface area (Å²) in [6.07, 6.45) is 2.71. The molecular weight excluding hydrogens is 254 g/mol. The van der Waals surface area contributed by atoms with E-state index in [1.807, 2.05) is 12.2 Å². The number of benzene rings is 1. The first-order valence-corrected chi connectivity index (χ1v) is 6.08. The van der Waals surface area contributed by atoms with Crippen LogP contribution in [0.4, 0.5) is 14.5 Å². The number of halogens is 2. The summed E-state index contributed by atoms with van der Waals surface area (Å²) >= 11 is 0. The number of unbranched alkanes of at least 4 members (excludes halogenated alkanes) is 2. The highest BCUT2D eigenvalue weighted by Crippen LogP contribution is 2.14. The van der Waals surface area contributed by atoms with Gasteiger partial charge in [0, 0.05) is 12.6 Å². The van der Waals surface area contributed by atoms with Gasteiger partial charge in [-0.25, -0.2) is 8.78 Å². The molecule has 0 radical (unpaired) electrons. The lowest BCUT2D eigenvalue weighted by atomic mass is 10.2. The van der Waals surface area contributed by atoms with Crippen molar-refractivity contribution in [3.8, 4) is 0 Å². The summed E-state index contributed by atoms with van der Waals surface area (Å²) in [4.78, 5) is 22.8. The van der Waals surface area contributed by atoms with E-state index in [1.54, 1.807) is 0 Å². The number of amides is 2. The molecule has 0 bridgehead atoms. The van der Waals surface area contributed by atoms with Crippen LogP contribution in [0.25, 0.3) is 0 Å². The molecule has 1 aromatic rings. The summed E-state index contributed by atoms with van der Waals surface area (Å²) < 4.78 is 26.1. The van der Waals surface area contributed by atoms with Gasteiger partial charge < -0.3 is 10.6 Å². The highest BCUT2D eigenvalue weighted by molar-refractivity contribution is 6.39. The molecule has 0 unspecified atom stereocenters. The van der Waals surface area contributed by atoms with Crippen molar-refractivity contribution >= 4 is 17.5 Å². The third-order valence-corrected chi connectivity index (χ3v) is 2.45. The molecule has 0 spiro atoms. The quantitative estimate of drug-likeness (QED) is 0.636. The van der Waals surface area contributed by atoms with Crippen LogP contribution < -0.4 is 10.6 Å². The largest absolute Gasteiger partial charge is 0.348 e. The van der Waals surface area contributed by atoms with Crippen molar-refractivity contribution in [2.45, 2.75) is 26.2 Å². The Labute approximate surface area is 110 Å². The molecule has 1 rings (SSSR count). The van der Waals surface area contributed by atoms with Crippen molar-refractivity contribution in [2.24, 2.45) is 0 Å². The normalized spacial score (nSPS) is 10.1. The Morgan fingerprint density at radius 3 is 2.58 bits per heavy atom. The Balaban J connectivity index is 2.49. The zero-order valence-electron chi connectivity index (χ0n) is 10.6. The van der Waals surface area contributed by atoms with Gasteiger partial charge in [0.15, 0.2) is 0 Å². The molecule has 0 saturated carbocycles. The molecule has 0 atom stereocenters. The topological polar surface area (TPSA) is 58.2 Å². The molecule has 0 aliphatic carbocycles. The predicted octanol–water partition coefficient (Wildman–Crippen LogP) is 2.21. The fourth-order valence-corrected chi connectivity index (χ4v) is 1.43. The third kappa shape index (κ3) is 5.03. The van der Waals surface area contributed by atoms with Gasteiger partial charge >= 0.3 is 11.8 Å². The Hall–Kier alpha value is -1.98. The number of rotatable bonds is 5. The van der Waals surface area contributed by atoms with E-state index < -0.39 is 23.4 Å². The maximum Gasteiger partial charge on any atom is 0.313 e. The number of nitrogens with one attached hydrogen (secondary N) is 2. The lowest BCUT2D eigenvalue weighted by Gasteiger charge is -2.07. The fraction of sp³-hybridized carbons (Fsp3) is 0.385. The van der Waals surface area contributed by atoms with Crippen molar-refractivity contribution in [1.29, 1.82) is 0 Å². The van der Waals surface area contributed by atoms with Crippen LogP contribution in [0.1, 0.15) is 26.2 Å². The van der Waals surface area contributed by atoms with Crippen molar-refractivity contribution in [1.82, 2.24) is 5.32 Å². The van der Waals surface area contributed by atoms with E-state index in [9.17, 15) is 18.4 Å². The summed E-state index contributed by atoms with van der Waals surface area (Å²) in [6.45, 7) is 2.40. The Kier molecular flexibility index (Phi) is 5.92. The van der Waals surface area contributed by atoms with Gasteiger partial charge in [-0.3, -0.25) is 9.59 Å². The van der Waals surface area contributed by atoms with E-state index in [-0.39, 0.29) is 5.69 Å². The Morgan fingerprint density at radius 1 is 1.16 bits per heavy atom. The van der Waals surface area contributed by atoms with Gasteiger partial charge in [0.2, 0.25) is 0 Å². The molecule has 0 saturated heterocycles. The standard InChI is InChI=1S/C13H16F2N2O2/c1-2-3-4-7-16-12(18)13(19)17-11-8-9(14)5-6-10(11)15/h5-6,8H,2-4,7H2,1H3,(H,16,18)(H,17,19). The van der Waals surface area contributed by atoms with E-state index in [0.29, 0.717) is 6.54 Å². The molecule has 0 aliphatic rings. The zero-order chi connectivity index (χ0) is 14.3. The smallest absolute Gasteiger partial charge is 0.313 e. The van der Waals surface area contributed by atoms with Crippen LogP contribution in [-0.4, -0.2) is 18.4 Å². The molecule has 0 fully saturated rings. The minimum atomic E-state index is -1.01. The van der Waals surface area contributed by atoms with Gasteiger partial charge in [0.25, 0.3) is 0 Å². The molecule has 104 valence electrons. The molecule has 6 heteroatoms. The molecule has 0 heterocycles. The van der Waals surface area contributed by atoms with Gasteiger partial charge in [0.05, 0.1) is 5.69 Å². The first-order valence-electron chi connectivity index (χ1n) is 6.08. The summed E-state index contributed by atoms with van der Waals surface area (Å²) in [5, 5.41) is 4.43. The summed E-state index contributed by atoms with van der Waals surface area (Å²) in [5.41, 5.74) is -0.353. The van der Waals surface area contributed by atoms with E-state index in [2.05, 4.69) is 5.32 Å². The highest BCUT2D eigenvalue weighted by atomic mass is 19.1. The lowest BCUT2D eigenvalue weighted by molar-refractivity contribution is -0.136. The monoisotopic (exact) mass is 270 g/mol. The molecule has 1 aromatic carbocycles. The van der Waals surface area contributed by atoms with Crippen LogP contribution in [-0.2, 0) is 9.59 Å². The number of carbonyl (C=O) groups excluding carboxylic acids is 2. The summed E-state index contributed by atoms with van der Waals surface area (Å²) in [7, 11) is 0. The number of anilines is 1. The van der Waals surface area contributed by atoms with Crippen molar-refractivity contribution in [3.05, 3.63) is 29.8 Å². The molecular formula is C13H16F2N2O2. The average Bonchev–Trinajstić information content (AvgIpc) is 2.38. The summed E-state index contributed by atoms with van der Waals surface area (Å²) in [5.74, 6) is -3.37. The zero-order valence-corrected chi connectivity index (χ0v) is 10.6. The molecule has 19 heavy (non-hydrogen) atoms. The first kappa shape index (κ1) is 15.1.